The summed E-state index contributed by atoms with van der Waals surface area (Å²) in [5, 5.41) is 7.14. The van der Waals surface area contributed by atoms with Crippen LogP contribution in [0.25, 0.3) is 0 Å². The number of halogens is 2. The van der Waals surface area contributed by atoms with Gasteiger partial charge >= 0.3 is 0 Å². The van der Waals surface area contributed by atoms with Gasteiger partial charge in [0.05, 0.1) is 6.04 Å². The molecule has 0 radical (unpaired) electrons. The molecule has 0 aliphatic carbocycles. The minimum Gasteiger partial charge on any atom is -0.321 e. The van der Waals surface area contributed by atoms with E-state index in [1.807, 2.05) is 0 Å². The van der Waals surface area contributed by atoms with Crippen LogP contribution in [0, 0.1) is 5.82 Å². The third kappa shape index (κ3) is 2.81. The van der Waals surface area contributed by atoms with Gasteiger partial charge in [-0.2, -0.15) is 5.10 Å². The van der Waals surface area contributed by atoms with Crippen LogP contribution < -0.4 is 5.73 Å². The molecule has 2 aromatic rings. The zero-order valence-corrected chi connectivity index (χ0v) is 10.0. The van der Waals surface area contributed by atoms with Crippen LogP contribution in [-0.4, -0.2) is 15.2 Å². The van der Waals surface area contributed by atoms with Gasteiger partial charge in [-0.25, -0.2) is 9.37 Å². The molecule has 1 aromatic carbocycles. The van der Waals surface area contributed by atoms with Gasteiger partial charge in [0.1, 0.15) is 11.6 Å². The Labute approximate surface area is 103 Å². The summed E-state index contributed by atoms with van der Waals surface area (Å²) >= 11 is 5.92. The Morgan fingerprint density at radius 2 is 2.29 bits per heavy atom. The van der Waals surface area contributed by atoms with Gasteiger partial charge in [0.2, 0.25) is 0 Å². The number of aromatic nitrogens is 3. The first-order valence-corrected chi connectivity index (χ1v) is 5.54. The zero-order chi connectivity index (χ0) is 12.4. The molecule has 0 spiro atoms. The summed E-state index contributed by atoms with van der Waals surface area (Å²) in [5.74, 6) is 0.858. The molecule has 3 N–H and O–H groups in total. The van der Waals surface area contributed by atoms with Crippen LogP contribution in [0.3, 0.4) is 0 Å². The third-order valence-corrected chi connectivity index (χ3v) is 2.68. The summed E-state index contributed by atoms with van der Waals surface area (Å²) < 4.78 is 12.9. The summed E-state index contributed by atoms with van der Waals surface area (Å²) in [6.45, 7) is 1.80. The topological polar surface area (TPSA) is 67.6 Å². The van der Waals surface area contributed by atoms with Crippen molar-refractivity contribution in [1.82, 2.24) is 15.2 Å². The first-order valence-electron chi connectivity index (χ1n) is 5.17. The van der Waals surface area contributed by atoms with Gasteiger partial charge in [-0.15, -0.1) is 0 Å². The normalized spacial score (nSPS) is 12.7. The average Bonchev–Trinajstić information content (AvgIpc) is 2.71. The molecule has 90 valence electrons. The highest BCUT2D eigenvalue weighted by molar-refractivity contribution is 6.31. The maximum Gasteiger partial charge on any atom is 0.167 e. The summed E-state index contributed by atoms with van der Waals surface area (Å²) in [5.41, 5.74) is 6.44. The predicted octanol–water partition coefficient (Wildman–Crippen LogP) is 2.21. The highest BCUT2D eigenvalue weighted by Gasteiger charge is 2.09. The van der Waals surface area contributed by atoms with Gasteiger partial charge in [0.25, 0.3) is 0 Å². The fraction of sp³-hybridized carbons (Fsp3) is 0.273. The van der Waals surface area contributed by atoms with Crippen LogP contribution in [0.4, 0.5) is 4.39 Å². The number of rotatable bonds is 3. The summed E-state index contributed by atoms with van der Waals surface area (Å²) in [6.07, 6.45) is 0.471. The molecule has 2 rings (SSSR count). The second kappa shape index (κ2) is 4.81. The fourth-order valence-electron chi connectivity index (χ4n) is 1.44. The van der Waals surface area contributed by atoms with Crippen LogP contribution in [0.5, 0.6) is 0 Å². The lowest BCUT2D eigenvalue weighted by Crippen LogP contribution is -2.06. The van der Waals surface area contributed by atoms with Crippen LogP contribution in [0.2, 0.25) is 5.02 Å². The van der Waals surface area contributed by atoms with Crippen molar-refractivity contribution in [3.05, 3.63) is 46.3 Å². The summed E-state index contributed by atoms with van der Waals surface area (Å²) in [7, 11) is 0. The molecule has 4 nitrogen and oxygen atoms in total. The molecular formula is C11H12ClFN4. The van der Waals surface area contributed by atoms with Crippen molar-refractivity contribution in [2.75, 3.05) is 0 Å². The Bertz CT molecular complexity index is 524. The predicted molar refractivity (Wildman–Crippen MR) is 63.2 cm³/mol. The Kier molecular flexibility index (Phi) is 3.40. The zero-order valence-electron chi connectivity index (χ0n) is 9.24. The fourth-order valence-corrected chi connectivity index (χ4v) is 1.67. The Balaban J connectivity index is 2.19. The van der Waals surface area contributed by atoms with E-state index in [9.17, 15) is 4.39 Å². The Morgan fingerprint density at radius 1 is 1.53 bits per heavy atom. The Hall–Kier alpha value is -1.46. The molecule has 0 saturated carbocycles. The molecule has 0 amide bonds. The van der Waals surface area contributed by atoms with E-state index in [1.165, 1.54) is 12.1 Å². The molecule has 1 atom stereocenters. The first-order chi connectivity index (χ1) is 8.06. The van der Waals surface area contributed by atoms with Gasteiger partial charge in [0, 0.05) is 11.4 Å². The van der Waals surface area contributed by atoms with Crippen molar-refractivity contribution in [2.45, 2.75) is 19.4 Å². The van der Waals surface area contributed by atoms with Gasteiger partial charge in [-0.05, 0) is 24.6 Å². The number of hydrogen-bond acceptors (Lipinski definition) is 3. The largest absolute Gasteiger partial charge is 0.321 e. The van der Waals surface area contributed by atoms with Gasteiger partial charge in [-0.1, -0.05) is 17.7 Å². The van der Waals surface area contributed by atoms with Crippen LogP contribution in [-0.2, 0) is 6.42 Å². The molecule has 0 aliphatic rings. The van der Waals surface area contributed by atoms with Crippen molar-refractivity contribution in [2.24, 2.45) is 5.73 Å². The van der Waals surface area contributed by atoms with Crippen molar-refractivity contribution in [3.63, 3.8) is 0 Å². The minimum absolute atomic E-state index is 0.219. The molecule has 1 unspecified atom stereocenters. The van der Waals surface area contributed by atoms with Crippen molar-refractivity contribution >= 4 is 11.6 Å². The number of H-pyrrole nitrogens is 1. The molecule has 0 fully saturated rings. The average molecular weight is 255 g/mol. The number of nitrogens with one attached hydrogen (secondary N) is 1. The van der Waals surface area contributed by atoms with E-state index >= 15 is 0 Å². The number of benzene rings is 1. The van der Waals surface area contributed by atoms with Gasteiger partial charge in [-0.3, -0.25) is 5.10 Å². The number of nitrogens with zero attached hydrogens (tertiary/aromatic N) is 2. The summed E-state index contributed by atoms with van der Waals surface area (Å²) in [6, 6.07) is 4.05. The second-order valence-corrected chi connectivity index (χ2v) is 4.25. The maximum atomic E-state index is 12.9. The lowest BCUT2D eigenvalue weighted by molar-refractivity contribution is 0.627. The van der Waals surface area contributed by atoms with E-state index < -0.39 is 0 Å². The number of nitrogens with two attached hydrogens (primary N) is 1. The summed E-state index contributed by atoms with van der Waals surface area (Å²) in [4.78, 5) is 4.22. The molecule has 0 bridgehead atoms. The maximum absolute atomic E-state index is 12.9. The van der Waals surface area contributed by atoms with Crippen molar-refractivity contribution < 1.29 is 4.39 Å². The molecule has 6 heteroatoms. The second-order valence-electron chi connectivity index (χ2n) is 3.84. The number of aromatic amines is 1. The first kappa shape index (κ1) is 12.0. The van der Waals surface area contributed by atoms with E-state index in [0.717, 1.165) is 5.56 Å². The van der Waals surface area contributed by atoms with E-state index in [4.69, 9.17) is 17.3 Å². The lowest BCUT2D eigenvalue weighted by Gasteiger charge is -2.01. The van der Waals surface area contributed by atoms with E-state index in [0.29, 0.717) is 23.1 Å². The van der Waals surface area contributed by atoms with Crippen LogP contribution >= 0.6 is 11.6 Å². The number of hydrogen-bond donors (Lipinski definition) is 2. The molecule has 0 saturated heterocycles. The lowest BCUT2D eigenvalue weighted by atomic mass is 10.1. The van der Waals surface area contributed by atoms with Crippen molar-refractivity contribution in [1.29, 1.82) is 0 Å². The molecule has 1 aromatic heterocycles. The Morgan fingerprint density at radius 3 is 2.88 bits per heavy atom. The quantitative estimate of drug-likeness (QED) is 0.882. The van der Waals surface area contributed by atoms with Crippen LogP contribution in [0.1, 0.15) is 30.2 Å². The third-order valence-electron chi connectivity index (χ3n) is 2.33. The monoisotopic (exact) mass is 254 g/mol. The molecule has 1 heterocycles. The van der Waals surface area contributed by atoms with Gasteiger partial charge < -0.3 is 5.73 Å². The molecular weight excluding hydrogens is 243 g/mol. The highest BCUT2D eigenvalue weighted by Crippen LogP contribution is 2.19. The van der Waals surface area contributed by atoms with E-state index in [2.05, 4.69) is 15.2 Å². The molecule has 0 aliphatic heterocycles. The van der Waals surface area contributed by atoms with Crippen LogP contribution in [0.15, 0.2) is 18.2 Å². The molecule has 17 heavy (non-hydrogen) atoms. The minimum atomic E-state index is -0.354. The standard InChI is InChI=1S/C11H12ClFN4/c1-6(14)11-15-10(16-17-11)4-7-2-3-8(13)5-9(7)12/h2-3,5-6H,4,14H2,1H3,(H,15,16,17). The van der Waals surface area contributed by atoms with Gasteiger partial charge in [0.15, 0.2) is 5.82 Å². The van der Waals surface area contributed by atoms with Crippen molar-refractivity contribution in [3.8, 4) is 0 Å². The van der Waals surface area contributed by atoms with E-state index in [-0.39, 0.29) is 11.9 Å². The smallest absolute Gasteiger partial charge is 0.167 e. The SMILES string of the molecule is CC(N)c1n[nH]c(Cc2ccc(F)cc2Cl)n1. The highest BCUT2D eigenvalue weighted by atomic mass is 35.5. The van der Waals surface area contributed by atoms with E-state index in [1.54, 1.807) is 13.0 Å².